The number of carbonyl (C=O) groups is 2. The molecule has 0 bridgehead atoms. The highest BCUT2D eigenvalue weighted by Crippen LogP contribution is 2.16. The van der Waals surface area contributed by atoms with Gasteiger partial charge in [-0.3, -0.25) is 10.1 Å². The summed E-state index contributed by atoms with van der Waals surface area (Å²) in [6.45, 7) is 1.33. The maximum Gasteiger partial charge on any atom is 0.411 e. The van der Waals surface area contributed by atoms with E-state index in [9.17, 15) is 14.0 Å². The standard InChI is InChI=1S/C25H26FN3O3/c26-22-11-5-10-21(16-22)24(30)29(14-6-13-27)17-20-9-4-12-23(15-20)28-25(31)32-18-19-7-2-1-3-8-19/h1-5,7-12,15-16H,6,13-14,17-18,27H2,(H,28,31). The third-order valence-electron chi connectivity index (χ3n) is 4.75. The van der Waals surface area contributed by atoms with Gasteiger partial charge in [0.2, 0.25) is 0 Å². The summed E-state index contributed by atoms with van der Waals surface area (Å²) in [6, 6.07) is 22.2. The maximum atomic E-state index is 13.6. The predicted octanol–water partition coefficient (Wildman–Crippen LogP) is 4.57. The van der Waals surface area contributed by atoms with Gasteiger partial charge in [-0.25, -0.2) is 9.18 Å². The Labute approximate surface area is 186 Å². The first-order chi connectivity index (χ1) is 15.5. The molecule has 166 valence electrons. The van der Waals surface area contributed by atoms with E-state index in [4.69, 9.17) is 10.5 Å². The molecule has 2 amide bonds. The van der Waals surface area contributed by atoms with Crippen LogP contribution in [0.15, 0.2) is 78.9 Å². The van der Waals surface area contributed by atoms with Crippen LogP contribution in [-0.4, -0.2) is 30.0 Å². The first-order valence-electron chi connectivity index (χ1n) is 10.4. The number of benzene rings is 3. The summed E-state index contributed by atoms with van der Waals surface area (Å²) in [5.41, 5.74) is 8.16. The summed E-state index contributed by atoms with van der Waals surface area (Å²) in [5, 5.41) is 2.70. The molecule has 3 N–H and O–H groups in total. The van der Waals surface area contributed by atoms with Crippen molar-refractivity contribution < 1.29 is 18.7 Å². The number of hydrogen-bond acceptors (Lipinski definition) is 4. The van der Waals surface area contributed by atoms with Crippen LogP contribution in [0.2, 0.25) is 0 Å². The van der Waals surface area contributed by atoms with Crippen molar-refractivity contribution in [3.8, 4) is 0 Å². The van der Waals surface area contributed by atoms with Gasteiger partial charge in [0, 0.05) is 24.3 Å². The van der Waals surface area contributed by atoms with Crippen molar-refractivity contribution in [3.63, 3.8) is 0 Å². The lowest BCUT2D eigenvalue weighted by molar-refractivity contribution is 0.0741. The highest BCUT2D eigenvalue weighted by atomic mass is 19.1. The molecule has 0 aliphatic carbocycles. The molecule has 3 aromatic rings. The molecule has 32 heavy (non-hydrogen) atoms. The molecule has 3 rings (SSSR count). The SMILES string of the molecule is NCCCN(Cc1cccc(NC(=O)OCc2ccccc2)c1)C(=O)c1cccc(F)c1. The van der Waals surface area contributed by atoms with E-state index in [-0.39, 0.29) is 18.1 Å². The van der Waals surface area contributed by atoms with Gasteiger partial charge in [0.05, 0.1) is 0 Å². The van der Waals surface area contributed by atoms with Crippen LogP contribution in [0.3, 0.4) is 0 Å². The summed E-state index contributed by atoms with van der Waals surface area (Å²) < 4.78 is 18.8. The Balaban J connectivity index is 1.64. The molecule has 0 aliphatic rings. The minimum atomic E-state index is -0.568. The van der Waals surface area contributed by atoms with Gasteiger partial charge in [0.1, 0.15) is 12.4 Å². The van der Waals surface area contributed by atoms with Crippen LogP contribution in [0.5, 0.6) is 0 Å². The van der Waals surface area contributed by atoms with Crippen molar-refractivity contribution >= 4 is 17.7 Å². The van der Waals surface area contributed by atoms with Gasteiger partial charge in [0.25, 0.3) is 5.91 Å². The molecule has 0 fully saturated rings. The number of nitrogens with zero attached hydrogens (tertiary/aromatic N) is 1. The van der Waals surface area contributed by atoms with Crippen LogP contribution in [0.25, 0.3) is 0 Å². The topological polar surface area (TPSA) is 84.7 Å². The monoisotopic (exact) mass is 435 g/mol. The number of rotatable bonds is 9. The molecule has 0 radical (unpaired) electrons. The fourth-order valence-corrected chi connectivity index (χ4v) is 3.18. The Kier molecular flexibility index (Phi) is 8.34. The molecule has 0 saturated heterocycles. The quantitative estimate of drug-likeness (QED) is 0.516. The minimum absolute atomic E-state index is 0.168. The molecule has 0 saturated carbocycles. The summed E-state index contributed by atoms with van der Waals surface area (Å²) in [5.74, 6) is -0.742. The molecule has 0 aromatic heterocycles. The number of nitrogens with one attached hydrogen (secondary N) is 1. The zero-order valence-corrected chi connectivity index (χ0v) is 17.7. The Bertz CT molecular complexity index is 1040. The molecule has 0 unspecified atom stereocenters. The van der Waals surface area contributed by atoms with Crippen molar-refractivity contribution in [2.75, 3.05) is 18.4 Å². The van der Waals surface area contributed by atoms with Gasteiger partial charge in [-0.1, -0.05) is 48.5 Å². The van der Waals surface area contributed by atoms with E-state index in [1.54, 1.807) is 29.2 Å². The van der Waals surface area contributed by atoms with Crippen LogP contribution >= 0.6 is 0 Å². The molecule has 6 nitrogen and oxygen atoms in total. The van der Waals surface area contributed by atoms with E-state index < -0.39 is 11.9 Å². The number of anilines is 1. The minimum Gasteiger partial charge on any atom is -0.444 e. The molecule has 0 heterocycles. The van der Waals surface area contributed by atoms with Crippen molar-refractivity contribution in [1.82, 2.24) is 4.90 Å². The van der Waals surface area contributed by atoms with E-state index >= 15 is 0 Å². The second-order valence-corrected chi connectivity index (χ2v) is 7.27. The second-order valence-electron chi connectivity index (χ2n) is 7.27. The smallest absolute Gasteiger partial charge is 0.411 e. The molecule has 3 aromatic carbocycles. The number of carbonyl (C=O) groups excluding carboxylic acids is 2. The van der Waals surface area contributed by atoms with Crippen molar-refractivity contribution in [1.29, 1.82) is 0 Å². The van der Waals surface area contributed by atoms with Crippen molar-refractivity contribution in [2.45, 2.75) is 19.6 Å². The summed E-state index contributed by atoms with van der Waals surface area (Å²) in [7, 11) is 0. The third-order valence-corrected chi connectivity index (χ3v) is 4.75. The predicted molar refractivity (Wildman–Crippen MR) is 122 cm³/mol. The second kappa shape index (κ2) is 11.6. The zero-order valence-electron chi connectivity index (χ0n) is 17.7. The van der Waals surface area contributed by atoms with Gasteiger partial charge in [-0.05, 0) is 54.4 Å². The third kappa shape index (κ3) is 6.92. The summed E-state index contributed by atoms with van der Waals surface area (Å²) in [4.78, 5) is 26.7. The van der Waals surface area contributed by atoms with E-state index in [1.807, 2.05) is 36.4 Å². The van der Waals surface area contributed by atoms with E-state index in [2.05, 4.69) is 5.32 Å². The molecular weight excluding hydrogens is 409 g/mol. The molecule has 0 spiro atoms. The first-order valence-corrected chi connectivity index (χ1v) is 10.4. The lowest BCUT2D eigenvalue weighted by Crippen LogP contribution is -2.32. The highest BCUT2D eigenvalue weighted by molar-refractivity contribution is 5.94. The first kappa shape index (κ1) is 23.0. The summed E-state index contributed by atoms with van der Waals surface area (Å²) >= 11 is 0. The highest BCUT2D eigenvalue weighted by Gasteiger charge is 2.17. The molecular formula is C25H26FN3O3. The van der Waals surface area contributed by atoms with Crippen molar-refractivity contribution in [3.05, 3.63) is 101 Å². The summed E-state index contributed by atoms with van der Waals surface area (Å²) in [6.07, 6.45) is 0.0481. The zero-order chi connectivity index (χ0) is 22.8. The number of ether oxygens (including phenoxy) is 1. The lowest BCUT2D eigenvalue weighted by Gasteiger charge is -2.23. The Hall–Kier alpha value is -3.71. The number of hydrogen-bond donors (Lipinski definition) is 2. The van der Waals surface area contributed by atoms with Crippen molar-refractivity contribution in [2.24, 2.45) is 5.73 Å². The normalized spacial score (nSPS) is 10.4. The Morgan fingerprint density at radius 1 is 0.938 bits per heavy atom. The van der Waals surface area contributed by atoms with Crippen LogP contribution in [0.1, 0.15) is 27.9 Å². The molecule has 7 heteroatoms. The van der Waals surface area contributed by atoms with Gasteiger partial charge in [-0.2, -0.15) is 0 Å². The Morgan fingerprint density at radius 3 is 2.44 bits per heavy atom. The maximum absolute atomic E-state index is 13.6. The van der Waals surface area contributed by atoms with Gasteiger partial charge >= 0.3 is 6.09 Å². The van der Waals surface area contributed by atoms with Gasteiger partial charge in [-0.15, -0.1) is 0 Å². The molecule has 0 aliphatic heterocycles. The van der Waals surface area contributed by atoms with Crippen LogP contribution in [-0.2, 0) is 17.9 Å². The lowest BCUT2D eigenvalue weighted by atomic mass is 10.1. The van der Waals surface area contributed by atoms with E-state index in [0.29, 0.717) is 31.7 Å². The van der Waals surface area contributed by atoms with Crippen LogP contribution in [0, 0.1) is 5.82 Å². The van der Waals surface area contributed by atoms with E-state index in [1.165, 1.54) is 18.2 Å². The van der Waals surface area contributed by atoms with Crippen LogP contribution in [0.4, 0.5) is 14.9 Å². The Morgan fingerprint density at radius 2 is 1.69 bits per heavy atom. The number of nitrogens with two attached hydrogens (primary N) is 1. The average Bonchev–Trinajstić information content (AvgIpc) is 2.81. The van der Waals surface area contributed by atoms with Crippen LogP contribution < -0.4 is 11.1 Å². The van der Waals surface area contributed by atoms with Gasteiger partial charge in [0.15, 0.2) is 0 Å². The van der Waals surface area contributed by atoms with Gasteiger partial charge < -0.3 is 15.4 Å². The fraction of sp³-hybridized carbons (Fsp3) is 0.200. The van der Waals surface area contributed by atoms with E-state index in [0.717, 1.165) is 11.1 Å². The molecule has 0 atom stereocenters. The number of halogens is 1. The fourth-order valence-electron chi connectivity index (χ4n) is 3.18. The number of amides is 2. The average molecular weight is 435 g/mol. The largest absolute Gasteiger partial charge is 0.444 e.